The Labute approximate surface area is 159 Å². The van der Waals surface area contributed by atoms with Crippen molar-refractivity contribution in [1.82, 2.24) is 0 Å². The standard InChI is InChI=1S/C19H22N2O5S/c1-26-19(23)16-11-6-7-12-17(16)20-18(22)13-8-14-21(27(2,24)25)15-9-4-3-5-10-15/h3-7,9-12H,8,13-14H2,1-2H3,(H,20,22). The second-order valence-electron chi connectivity index (χ2n) is 5.86. The van der Waals surface area contributed by atoms with Crippen LogP contribution in [0.3, 0.4) is 0 Å². The summed E-state index contributed by atoms with van der Waals surface area (Å²) in [4.78, 5) is 24.0. The summed E-state index contributed by atoms with van der Waals surface area (Å²) in [6.07, 6.45) is 1.56. The van der Waals surface area contributed by atoms with Crippen LogP contribution in [-0.2, 0) is 19.6 Å². The van der Waals surface area contributed by atoms with Crippen LogP contribution in [0.4, 0.5) is 11.4 Å². The Morgan fingerprint density at radius 3 is 2.30 bits per heavy atom. The summed E-state index contributed by atoms with van der Waals surface area (Å²) in [6, 6.07) is 15.2. The maximum atomic E-state index is 12.2. The summed E-state index contributed by atoms with van der Waals surface area (Å²) in [5, 5.41) is 2.67. The smallest absolute Gasteiger partial charge is 0.339 e. The molecule has 0 atom stereocenters. The third-order valence-corrected chi connectivity index (χ3v) is 5.01. The minimum Gasteiger partial charge on any atom is -0.465 e. The molecular weight excluding hydrogens is 368 g/mol. The van der Waals surface area contributed by atoms with Crippen LogP contribution in [0.25, 0.3) is 0 Å². The van der Waals surface area contributed by atoms with E-state index in [-0.39, 0.29) is 24.4 Å². The van der Waals surface area contributed by atoms with E-state index in [1.807, 2.05) is 0 Å². The van der Waals surface area contributed by atoms with Crippen LogP contribution in [0.5, 0.6) is 0 Å². The Kier molecular flexibility index (Phi) is 6.95. The summed E-state index contributed by atoms with van der Waals surface area (Å²) in [5.74, 6) is -0.855. The molecule has 0 saturated carbocycles. The first-order chi connectivity index (χ1) is 12.8. The van der Waals surface area contributed by atoms with Gasteiger partial charge in [0.05, 0.1) is 30.3 Å². The third kappa shape index (κ3) is 5.82. The van der Waals surface area contributed by atoms with Gasteiger partial charge in [0, 0.05) is 13.0 Å². The van der Waals surface area contributed by atoms with Crippen molar-refractivity contribution >= 4 is 33.3 Å². The lowest BCUT2D eigenvalue weighted by atomic mass is 10.1. The van der Waals surface area contributed by atoms with Crippen LogP contribution >= 0.6 is 0 Å². The molecule has 2 rings (SSSR count). The second kappa shape index (κ2) is 9.18. The van der Waals surface area contributed by atoms with E-state index in [9.17, 15) is 18.0 Å². The zero-order valence-electron chi connectivity index (χ0n) is 15.2. The molecular formula is C19H22N2O5S. The normalized spacial score (nSPS) is 10.9. The quantitative estimate of drug-likeness (QED) is 0.700. The Hall–Kier alpha value is -2.87. The number of esters is 1. The number of ether oxygens (including phenoxy) is 1. The minimum absolute atomic E-state index is 0.106. The minimum atomic E-state index is -3.46. The number of carbonyl (C=O) groups excluding carboxylic acids is 2. The van der Waals surface area contributed by atoms with E-state index in [1.165, 1.54) is 11.4 Å². The van der Waals surface area contributed by atoms with Crippen molar-refractivity contribution in [3.8, 4) is 0 Å². The predicted molar refractivity (Wildman–Crippen MR) is 104 cm³/mol. The number of anilines is 2. The fourth-order valence-electron chi connectivity index (χ4n) is 2.56. The molecule has 2 aromatic rings. The Bertz CT molecular complexity index is 897. The van der Waals surface area contributed by atoms with E-state index in [0.29, 0.717) is 17.8 Å². The Balaban J connectivity index is 1.99. The molecule has 0 fully saturated rings. The third-order valence-electron chi connectivity index (χ3n) is 3.82. The first-order valence-electron chi connectivity index (χ1n) is 8.33. The van der Waals surface area contributed by atoms with E-state index in [4.69, 9.17) is 4.74 Å². The van der Waals surface area contributed by atoms with E-state index >= 15 is 0 Å². The van der Waals surface area contributed by atoms with Crippen LogP contribution < -0.4 is 9.62 Å². The summed E-state index contributed by atoms with van der Waals surface area (Å²) < 4.78 is 30.0. The molecule has 0 radical (unpaired) electrons. The lowest BCUT2D eigenvalue weighted by molar-refractivity contribution is -0.116. The number of benzene rings is 2. The molecule has 0 aliphatic heterocycles. The lowest BCUT2D eigenvalue weighted by Crippen LogP contribution is -2.31. The highest BCUT2D eigenvalue weighted by atomic mass is 32.2. The number of amides is 1. The van der Waals surface area contributed by atoms with Crippen LogP contribution in [0.15, 0.2) is 54.6 Å². The molecule has 0 aliphatic rings. The zero-order valence-corrected chi connectivity index (χ0v) is 16.0. The van der Waals surface area contributed by atoms with Gasteiger partial charge >= 0.3 is 5.97 Å². The van der Waals surface area contributed by atoms with Gasteiger partial charge in [-0.15, -0.1) is 0 Å². The summed E-state index contributed by atoms with van der Waals surface area (Å²) in [7, 11) is -2.19. The molecule has 1 N–H and O–H groups in total. The molecule has 0 heterocycles. The first-order valence-corrected chi connectivity index (χ1v) is 10.2. The van der Waals surface area contributed by atoms with Gasteiger partial charge in [0.2, 0.25) is 15.9 Å². The SMILES string of the molecule is COC(=O)c1ccccc1NC(=O)CCCN(c1ccccc1)S(C)(=O)=O. The van der Waals surface area contributed by atoms with Gasteiger partial charge in [0.15, 0.2) is 0 Å². The fourth-order valence-corrected chi connectivity index (χ4v) is 3.52. The van der Waals surface area contributed by atoms with Gasteiger partial charge in [0.25, 0.3) is 0 Å². The van der Waals surface area contributed by atoms with Crippen LogP contribution in [0.1, 0.15) is 23.2 Å². The average Bonchev–Trinajstić information content (AvgIpc) is 2.64. The van der Waals surface area contributed by atoms with Crippen LogP contribution in [-0.4, -0.2) is 40.2 Å². The van der Waals surface area contributed by atoms with Crippen molar-refractivity contribution in [2.24, 2.45) is 0 Å². The Morgan fingerprint density at radius 2 is 1.67 bits per heavy atom. The molecule has 2 aromatic carbocycles. The molecule has 8 heteroatoms. The number of para-hydroxylation sites is 2. The summed E-state index contributed by atoms with van der Waals surface area (Å²) in [6.45, 7) is 0.176. The van der Waals surface area contributed by atoms with Crippen LogP contribution in [0, 0.1) is 0 Å². The second-order valence-corrected chi connectivity index (χ2v) is 7.77. The molecule has 27 heavy (non-hydrogen) atoms. The number of nitrogens with one attached hydrogen (secondary N) is 1. The van der Waals surface area contributed by atoms with Gasteiger partial charge in [-0.3, -0.25) is 9.10 Å². The molecule has 7 nitrogen and oxygen atoms in total. The van der Waals surface area contributed by atoms with E-state index in [2.05, 4.69) is 5.32 Å². The first kappa shape index (κ1) is 20.4. The molecule has 0 aromatic heterocycles. The number of carbonyl (C=O) groups is 2. The van der Waals surface area contributed by atoms with Crippen molar-refractivity contribution in [3.63, 3.8) is 0 Å². The maximum absolute atomic E-state index is 12.2. The predicted octanol–water partition coefficient (Wildman–Crippen LogP) is 2.66. The van der Waals surface area contributed by atoms with E-state index in [1.54, 1.807) is 54.6 Å². The average molecular weight is 390 g/mol. The highest BCUT2D eigenvalue weighted by Gasteiger charge is 2.18. The molecule has 1 amide bonds. The summed E-state index contributed by atoms with van der Waals surface area (Å²) in [5.41, 5.74) is 1.17. The highest BCUT2D eigenvalue weighted by Crippen LogP contribution is 2.19. The maximum Gasteiger partial charge on any atom is 0.339 e. The monoisotopic (exact) mass is 390 g/mol. The number of sulfonamides is 1. The van der Waals surface area contributed by atoms with Crippen molar-refractivity contribution in [1.29, 1.82) is 0 Å². The number of nitrogens with zero attached hydrogens (tertiary/aromatic N) is 1. The lowest BCUT2D eigenvalue weighted by Gasteiger charge is -2.22. The molecule has 144 valence electrons. The van der Waals surface area contributed by atoms with Crippen molar-refractivity contribution in [2.45, 2.75) is 12.8 Å². The fraction of sp³-hybridized carbons (Fsp3) is 0.263. The van der Waals surface area contributed by atoms with Crippen molar-refractivity contribution in [3.05, 3.63) is 60.2 Å². The molecule has 0 unspecified atom stereocenters. The van der Waals surface area contributed by atoms with Crippen molar-refractivity contribution < 1.29 is 22.7 Å². The molecule has 0 aliphatic carbocycles. The van der Waals surface area contributed by atoms with Crippen LogP contribution in [0.2, 0.25) is 0 Å². The molecule has 0 saturated heterocycles. The number of hydrogen-bond acceptors (Lipinski definition) is 5. The van der Waals surface area contributed by atoms with Gasteiger partial charge in [-0.05, 0) is 30.7 Å². The largest absolute Gasteiger partial charge is 0.465 e. The molecule has 0 spiro atoms. The molecule has 0 bridgehead atoms. The topological polar surface area (TPSA) is 92.8 Å². The van der Waals surface area contributed by atoms with E-state index in [0.717, 1.165) is 6.26 Å². The Morgan fingerprint density at radius 1 is 1.04 bits per heavy atom. The van der Waals surface area contributed by atoms with Crippen molar-refractivity contribution in [2.75, 3.05) is 29.5 Å². The van der Waals surface area contributed by atoms with Gasteiger partial charge in [-0.25, -0.2) is 13.2 Å². The van der Waals surface area contributed by atoms with E-state index < -0.39 is 16.0 Å². The number of methoxy groups -OCH3 is 1. The number of hydrogen-bond donors (Lipinski definition) is 1. The number of rotatable bonds is 8. The van der Waals surface area contributed by atoms with Gasteiger partial charge in [-0.1, -0.05) is 30.3 Å². The zero-order chi connectivity index (χ0) is 19.9. The van der Waals surface area contributed by atoms with Gasteiger partial charge in [0.1, 0.15) is 0 Å². The van der Waals surface area contributed by atoms with Gasteiger partial charge < -0.3 is 10.1 Å². The van der Waals surface area contributed by atoms with Gasteiger partial charge in [-0.2, -0.15) is 0 Å². The highest BCUT2D eigenvalue weighted by molar-refractivity contribution is 7.92. The summed E-state index contributed by atoms with van der Waals surface area (Å²) >= 11 is 0.